The van der Waals surface area contributed by atoms with Gasteiger partial charge in [-0.2, -0.15) is 5.10 Å². The van der Waals surface area contributed by atoms with Crippen LogP contribution in [0.1, 0.15) is 29.8 Å². The van der Waals surface area contributed by atoms with Crippen molar-refractivity contribution in [2.45, 2.75) is 32.5 Å². The van der Waals surface area contributed by atoms with Gasteiger partial charge in [-0.25, -0.2) is 4.68 Å². The quantitative estimate of drug-likeness (QED) is 0.570. The van der Waals surface area contributed by atoms with E-state index < -0.39 is 0 Å². The van der Waals surface area contributed by atoms with E-state index in [1.165, 1.54) is 11.3 Å². The molecule has 0 bridgehead atoms. The van der Waals surface area contributed by atoms with Crippen LogP contribution in [0.25, 0.3) is 0 Å². The number of nitrogens with zero attached hydrogens (tertiary/aromatic N) is 6. The zero-order chi connectivity index (χ0) is 16.2. The molecular formula is C16H24N6O. The third-order valence-electron chi connectivity index (χ3n) is 4.10. The van der Waals surface area contributed by atoms with Gasteiger partial charge >= 0.3 is 0 Å². The maximum Gasteiger partial charge on any atom is 0.100 e. The minimum Gasteiger partial charge on any atom is -0.377 e. The smallest absolute Gasteiger partial charge is 0.100 e. The zero-order valence-electron chi connectivity index (χ0n) is 13.9. The summed E-state index contributed by atoms with van der Waals surface area (Å²) in [5, 5.41) is 12.9. The molecule has 1 aliphatic heterocycles. The van der Waals surface area contributed by atoms with Crippen LogP contribution in [-0.2, 0) is 31.4 Å². The molecule has 0 saturated heterocycles. The van der Waals surface area contributed by atoms with Gasteiger partial charge in [0.25, 0.3) is 0 Å². The van der Waals surface area contributed by atoms with Crippen LogP contribution in [0.2, 0.25) is 0 Å². The predicted octanol–water partition coefficient (Wildman–Crippen LogP) is 1.33. The van der Waals surface area contributed by atoms with Crippen molar-refractivity contribution < 1.29 is 4.74 Å². The van der Waals surface area contributed by atoms with Crippen molar-refractivity contribution in [3.63, 3.8) is 0 Å². The monoisotopic (exact) mass is 316 g/mol. The van der Waals surface area contributed by atoms with Gasteiger partial charge in [0.2, 0.25) is 0 Å². The second kappa shape index (κ2) is 7.06. The van der Waals surface area contributed by atoms with Gasteiger partial charge in [-0.3, -0.25) is 9.58 Å². The SMILES string of the molecule is C=CCOCC1CN(Cc2cnn(C)c2)Cc2nnn(CC)c21. The molecule has 7 heteroatoms. The average molecular weight is 316 g/mol. The molecule has 0 aliphatic carbocycles. The number of hydrogen-bond acceptors (Lipinski definition) is 5. The first kappa shape index (κ1) is 15.9. The molecule has 2 aromatic heterocycles. The Hall–Kier alpha value is -1.99. The first-order valence-corrected chi connectivity index (χ1v) is 8.02. The number of ether oxygens (including phenoxy) is 1. The van der Waals surface area contributed by atoms with E-state index in [1.807, 2.05) is 22.6 Å². The summed E-state index contributed by atoms with van der Waals surface area (Å²) < 4.78 is 9.56. The Morgan fingerprint density at radius 3 is 3.04 bits per heavy atom. The van der Waals surface area contributed by atoms with Crippen LogP contribution in [0.5, 0.6) is 0 Å². The number of fused-ring (bicyclic) bond motifs is 1. The predicted molar refractivity (Wildman–Crippen MR) is 86.8 cm³/mol. The topological polar surface area (TPSA) is 61.0 Å². The zero-order valence-corrected chi connectivity index (χ0v) is 13.9. The fourth-order valence-electron chi connectivity index (χ4n) is 3.18. The molecule has 7 nitrogen and oxygen atoms in total. The van der Waals surface area contributed by atoms with Crippen molar-refractivity contribution in [3.05, 3.63) is 42.0 Å². The highest BCUT2D eigenvalue weighted by Gasteiger charge is 2.30. The van der Waals surface area contributed by atoms with Crippen LogP contribution in [0.3, 0.4) is 0 Å². The summed E-state index contributed by atoms with van der Waals surface area (Å²) in [6.45, 7) is 10.5. The maximum atomic E-state index is 5.72. The van der Waals surface area contributed by atoms with Gasteiger partial charge in [-0.05, 0) is 6.92 Å². The van der Waals surface area contributed by atoms with Crippen LogP contribution >= 0.6 is 0 Å². The van der Waals surface area contributed by atoms with E-state index in [0.29, 0.717) is 13.2 Å². The van der Waals surface area contributed by atoms with E-state index >= 15 is 0 Å². The van der Waals surface area contributed by atoms with Gasteiger partial charge in [-0.1, -0.05) is 11.3 Å². The summed E-state index contributed by atoms with van der Waals surface area (Å²) in [5.74, 6) is 0.283. The lowest BCUT2D eigenvalue weighted by Gasteiger charge is -2.32. The van der Waals surface area contributed by atoms with Crippen molar-refractivity contribution in [1.82, 2.24) is 29.7 Å². The van der Waals surface area contributed by atoms with Crippen molar-refractivity contribution in [1.29, 1.82) is 0 Å². The number of aryl methyl sites for hydroxylation is 2. The molecule has 23 heavy (non-hydrogen) atoms. The molecule has 0 fully saturated rings. The lowest BCUT2D eigenvalue weighted by Crippen LogP contribution is -2.36. The molecule has 2 aromatic rings. The molecule has 0 radical (unpaired) electrons. The minimum atomic E-state index is 0.283. The van der Waals surface area contributed by atoms with Crippen molar-refractivity contribution >= 4 is 0 Å². The van der Waals surface area contributed by atoms with E-state index in [1.54, 1.807) is 6.08 Å². The largest absolute Gasteiger partial charge is 0.377 e. The Bertz CT molecular complexity index is 661. The number of hydrogen-bond donors (Lipinski definition) is 0. The Labute approximate surface area is 136 Å². The fraction of sp³-hybridized carbons (Fsp3) is 0.562. The van der Waals surface area contributed by atoms with Crippen molar-refractivity contribution in [2.24, 2.45) is 7.05 Å². The lowest BCUT2D eigenvalue weighted by atomic mass is 9.98. The molecule has 0 saturated carbocycles. The van der Waals surface area contributed by atoms with Gasteiger partial charge in [-0.15, -0.1) is 11.7 Å². The van der Waals surface area contributed by atoms with E-state index in [0.717, 1.165) is 31.9 Å². The van der Waals surface area contributed by atoms with Crippen LogP contribution < -0.4 is 0 Å². The molecule has 1 aliphatic rings. The molecule has 0 aromatic carbocycles. The summed E-state index contributed by atoms with van der Waals surface area (Å²) in [6.07, 6.45) is 5.76. The van der Waals surface area contributed by atoms with E-state index in [2.05, 4.69) is 40.0 Å². The van der Waals surface area contributed by atoms with Crippen LogP contribution in [-0.4, -0.2) is 49.4 Å². The first-order valence-electron chi connectivity index (χ1n) is 8.02. The van der Waals surface area contributed by atoms with Gasteiger partial charge in [0.15, 0.2) is 0 Å². The highest BCUT2D eigenvalue weighted by molar-refractivity contribution is 5.20. The Morgan fingerprint density at radius 2 is 2.35 bits per heavy atom. The van der Waals surface area contributed by atoms with Crippen LogP contribution in [0.15, 0.2) is 25.0 Å². The van der Waals surface area contributed by atoms with E-state index in [-0.39, 0.29) is 5.92 Å². The van der Waals surface area contributed by atoms with Gasteiger partial charge in [0, 0.05) is 50.9 Å². The summed E-state index contributed by atoms with van der Waals surface area (Å²) >= 11 is 0. The van der Waals surface area contributed by atoms with Crippen LogP contribution in [0, 0.1) is 0 Å². The highest BCUT2D eigenvalue weighted by Crippen LogP contribution is 2.28. The molecule has 124 valence electrons. The summed E-state index contributed by atoms with van der Waals surface area (Å²) in [7, 11) is 1.94. The third-order valence-corrected chi connectivity index (χ3v) is 4.10. The summed E-state index contributed by atoms with van der Waals surface area (Å²) in [6, 6.07) is 0. The molecule has 1 atom stereocenters. The average Bonchev–Trinajstić information content (AvgIpc) is 3.13. The summed E-state index contributed by atoms with van der Waals surface area (Å²) in [4.78, 5) is 2.38. The van der Waals surface area contributed by atoms with E-state index in [9.17, 15) is 0 Å². The molecule has 3 heterocycles. The second-order valence-electron chi connectivity index (χ2n) is 5.95. The Morgan fingerprint density at radius 1 is 1.48 bits per heavy atom. The minimum absolute atomic E-state index is 0.283. The van der Waals surface area contributed by atoms with Gasteiger partial charge in [0.1, 0.15) is 5.69 Å². The number of aromatic nitrogens is 5. The van der Waals surface area contributed by atoms with Crippen molar-refractivity contribution in [3.8, 4) is 0 Å². The molecule has 0 spiro atoms. The molecule has 0 amide bonds. The Kier molecular flexibility index (Phi) is 4.88. The molecule has 0 N–H and O–H groups in total. The van der Waals surface area contributed by atoms with Gasteiger partial charge in [0.05, 0.1) is 25.1 Å². The second-order valence-corrected chi connectivity index (χ2v) is 5.95. The van der Waals surface area contributed by atoms with E-state index in [4.69, 9.17) is 4.74 Å². The highest BCUT2D eigenvalue weighted by atomic mass is 16.5. The van der Waals surface area contributed by atoms with Crippen LogP contribution in [0.4, 0.5) is 0 Å². The molecule has 3 rings (SSSR count). The third kappa shape index (κ3) is 3.51. The summed E-state index contributed by atoms with van der Waals surface area (Å²) in [5.41, 5.74) is 3.50. The molecule has 1 unspecified atom stereocenters. The fourth-order valence-corrected chi connectivity index (χ4v) is 3.18. The molecular weight excluding hydrogens is 292 g/mol. The van der Waals surface area contributed by atoms with Crippen molar-refractivity contribution in [2.75, 3.05) is 19.8 Å². The lowest BCUT2D eigenvalue weighted by molar-refractivity contribution is 0.111. The normalized spacial score (nSPS) is 18.1. The number of rotatable bonds is 7. The standard InChI is InChI=1S/C16H24N6O/c1-4-6-23-12-14-10-21(9-13-7-17-20(3)8-13)11-15-16(14)22(5-2)19-18-15/h4,7-8,14H,1,5-6,9-12H2,2-3H3. The van der Waals surface area contributed by atoms with Gasteiger partial charge < -0.3 is 4.74 Å². The maximum absolute atomic E-state index is 5.72. The Balaban J connectivity index is 1.76. The first-order chi connectivity index (χ1) is 11.2.